The van der Waals surface area contributed by atoms with E-state index in [0.717, 1.165) is 0 Å². The third-order valence-electron chi connectivity index (χ3n) is 2.93. The maximum absolute atomic E-state index is 11.5. The summed E-state index contributed by atoms with van der Waals surface area (Å²) in [5.41, 5.74) is 0. The van der Waals surface area contributed by atoms with Gasteiger partial charge in [-0.25, -0.2) is 0 Å². The molecular formula is C14H18N2OS. The van der Waals surface area contributed by atoms with Crippen molar-refractivity contribution in [1.29, 1.82) is 0 Å². The van der Waals surface area contributed by atoms with Gasteiger partial charge in [-0.05, 0) is 24.4 Å². The second-order valence-corrected chi connectivity index (χ2v) is 5.69. The summed E-state index contributed by atoms with van der Waals surface area (Å²) in [6, 6.07) is 10.7. The van der Waals surface area contributed by atoms with Gasteiger partial charge in [0.25, 0.3) is 0 Å². The molecule has 0 bridgehead atoms. The first-order chi connectivity index (χ1) is 8.58. The molecule has 0 aliphatic rings. The largest absolute Gasteiger partial charge is 0.348 e. The van der Waals surface area contributed by atoms with Crippen LogP contribution in [0.3, 0.4) is 0 Å². The number of carbonyl (C=O) groups excluding carboxylic acids is 1. The molecular weight excluding hydrogens is 244 g/mol. The van der Waals surface area contributed by atoms with Gasteiger partial charge in [-0.15, -0.1) is 11.3 Å². The monoisotopic (exact) mass is 262 g/mol. The number of nitrogens with zero attached hydrogens (tertiary/aromatic N) is 1. The minimum Gasteiger partial charge on any atom is -0.348 e. The number of fused-ring (bicyclic) bond motifs is 1. The van der Waals surface area contributed by atoms with E-state index < -0.39 is 0 Å². The van der Waals surface area contributed by atoms with Crippen molar-refractivity contribution in [3.05, 3.63) is 35.2 Å². The smallest absolute Gasteiger partial charge is 0.236 e. The lowest BCUT2D eigenvalue weighted by atomic mass is 10.2. The number of likely N-dealkylation sites (N-methyl/N-ethyl adjacent to an activating group) is 1. The second-order valence-electron chi connectivity index (χ2n) is 4.58. The molecule has 2 rings (SSSR count). The zero-order valence-corrected chi connectivity index (χ0v) is 11.8. The van der Waals surface area contributed by atoms with Gasteiger partial charge in [0.15, 0.2) is 0 Å². The van der Waals surface area contributed by atoms with Gasteiger partial charge in [0.05, 0.1) is 6.54 Å². The Balaban J connectivity index is 2.04. The third kappa shape index (κ3) is 2.89. The van der Waals surface area contributed by atoms with Gasteiger partial charge in [0.1, 0.15) is 0 Å². The molecule has 1 aromatic heterocycles. The van der Waals surface area contributed by atoms with Crippen LogP contribution in [0.5, 0.6) is 0 Å². The van der Waals surface area contributed by atoms with Crippen molar-refractivity contribution in [3.8, 4) is 0 Å². The predicted molar refractivity (Wildman–Crippen MR) is 76.9 cm³/mol. The number of hydrogen-bond acceptors (Lipinski definition) is 3. The molecule has 0 aliphatic carbocycles. The number of benzene rings is 1. The Hall–Kier alpha value is -1.39. The fourth-order valence-electron chi connectivity index (χ4n) is 1.71. The van der Waals surface area contributed by atoms with Crippen LogP contribution in [0.25, 0.3) is 10.1 Å². The quantitative estimate of drug-likeness (QED) is 0.918. The lowest BCUT2D eigenvalue weighted by Gasteiger charge is -2.14. The molecule has 1 unspecified atom stereocenters. The summed E-state index contributed by atoms with van der Waals surface area (Å²) in [5.74, 6) is 0.1000. The van der Waals surface area contributed by atoms with E-state index in [1.807, 2.05) is 6.07 Å². The molecule has 0 saturated carbocycles. The molecule has 4 heteroatoms. The Kier molecular flexibility index (Phi) is 3.99. The van der Waals surface area contributed by atoms with Crippen LogP contribution in [0.15, 0.2) is 30.3 Å². The van der Waals surface area contributed by atoms with E-state index in [0.29, 0.717) is 6.54 Å². The van der Waals surface area contributed by atoms with Crippen molar-refractivity contribution in [2.45, 2.75) is 13.0 Å². The van der Waals surface area contributed by atoms with Crippen molar-refractivity contribution in [1.82, 2.24) is 10.2 Å². The SMILES string of the molecule is CC(NCC(=O)N(C)C)c1cc2ccccc2s1. The van der Waals surface area contributed by atoms with Crippen LogP contribution in [0.4, 0.5) is 0 Å². The van der Waals surface area contributed by atoms with Crippen LogP contribution in [0.1, 0.15) is 17.8 Å². The van der Waals surface area contributed by atoms with E-state index in [4.69, 9.17) is 0 Å². The standard InChI is InChI=1S/C14H18N2OS/c1-10(15-9-14(17)16(2)3)13-8-11-6-4-5-7-12(11)18-13/h4-8,10,15H,9H2,1-3H3. The van der Waals surface area contributed by atoms with Gasteiger partial charge in [0.2, 0.25) is 5.91 Å². The predicted octanol–water partition coefficient (Wildman–Crippen LogP) is 2.64. The molecule has 1 aromatic carbocycles. The lowest BCUT2D eigenvalue weighted by molar-refractivity contribution is -0.127. The highest BCUT2D eigenvalue weighted by atomic mass is 32.1. The first-order valence-electron chi connectivity index (χ1n) is 6.00. The van der Waals surface area contributed by atoms with E-state index in [-0.39, 0.29) is 11.9 Å². The molecule has 1 N–H and O–H groups in total. The molecule has 96 valence electrons. The molecule has 0 aliphatic heterocycles. The first-order valence-corrected chi connectivity index (χ1v) is 6.81. The number of hydrogen-bond donors (Lipinski definition) is 1. The van der Waals surface area contributed by atoms with E-state index in [9.17, 15) is 4.79 Å². The summed E-state index contributed by atoms with van der Waals surface area (Å²) in [6.07, 6.45) is 0. The Morgan fingerprint density at radius 2 is 2.11 bits per heavy atom. The number of thiophene rings is 1. The zero-order valence-electron chi connectivity index (χ0n) is 10.9. The highest BCUT2D eigenvalue weighted by molar-refractivity contribution is 7.19. The Bertz CT molecular complexity index is 514. The number of nitrogens with one attached hydrogen (secondary N) is 1. The van der Waals surface area contributed by atoms with Gasteiger partial charge in [-0.3, -0.25) is 4.79 Å². The number of carbonyl (C=O) groups is 1. The maximum atomic E-state index is 11.5. The molecule has 18 heavy (non-hydrogen) atoms. The second kappa shape index (κ2) is 5.50. The minimum atomic E-state index is 0.1000. The Morgan fingerprint density at radius 1 is 1.39 bits per heavy atom. The summed E-state index contributed by atoms with van der Waals surface area (Å²) < 4.78 is 1.29. The summed E-state index contributed by atoms with van der Waals surface area (Å²) in [4.78, 5) is 14.4. The van der Waals surface area contributed by atoms with Crippen LogP contribution < -0.4 is 5.32 Å². The van der Waals surface area contributed by atoms with Crippen LogP contribution in [0, 0.1) is 0 Å². The molecule has 1 atom stereocenters. The number of rotatable bonds is 4. The lowest BCUT2D eigenvalue weighted by Crippen LogP contribution is -2.34. The van der Waals surface area contributed by atoms with Gasteiger partial charge in [-0.2, -0.15) is 0 Å². The Labute approximate surface area is 111 Å². The summed E-state index contributed by atoms with van der Waals surface area (Å²) >= 11 is 1.78. The molecule has 0 fully saturated rings. The third-order valence-corrected chi connectivity index (χ3v) is 4.23. The molecule has 0 saturated heterocycles. The zero-order chi connectivity index (χ0) is 13.1. The Morgan fingerprint density at radius 3 is 2.78 bits per heavy atom. The summed E-state index contributed by atoms with van der Waals surface area (Å²) in [6.45, 7) is 2.47. The molecule has 1 heterocycles. The molecule has 3 nitrogen and oxygen atoms in total. The van der Waals surface area contributed by atoms with E-state index >= 15 is 0 Å². The fraction of sp³-hybridized carbons (Fsp3) is 0.357. The van der Waals surface area contributed by atoms with Crippen LogP contribution >= 0.6 is 11.3 Å². The average molecular weight is 262 g/mol. The van der Waals surface area contributed by atoms with Crippen LogP contribution in [-0.2, 0) is 4.79 Å². The topological polar surface area (TPSA) is 32.3 Å². The molecule has 2 aromatic rings. The summed E-state index contributed by atoms with van der Waals surface area (Å²) in [5, 5.41) is 4.53. The van der Waals surface area contributed by atoms with Crippen LogP contribution in [-0.4, -0.2) is 31.4 Å². The van der Waals surface area contributed by atoms with Crippen molar-refractivity contribution >= 4 is 27.3 Å². The van der Waals surface area contributed by atoms with Gasteiger partial charge in [0, 0.05) is 29.7 Å². The van der Waals surface area contributed by atoms with E-state index in [2.05, 4.69) is 36.5 Å². The molecule has 1 amide bonds. The summed E-state index contributed by atoms with van der Waals surface area (Å²) in [7, 11) is 3.54. The van der Waals surface area contributed by atoms with Crippen molar-refractivity contribution in [2.24, 2.45) is 0 Å². The first kappa shape index (κ1) is 13.1. The number of amides is 1. The van der Waals surface area contributed by atoms with E-state index in [1.54, 1.807) is 30.3 Å². The highest BCUT2D eigenvalue weighted by Crippen LogP contribution is 2.29. The molecule has 0 radical (unpaired) electrons. The fourth-order valence-corrected chi connectivity index (χ4v) is 2.81. The normalized spacial score (nSPS) is 12.6. The van der Waals surface area contributed by atoms with Gasteiger partial charge in [-0.1, -0.05) is 18.2 Å². The van der Waals surface area contributed by atoms with Gasteiger partial charge < -0.3 is 10.2 Å². The van der Waals surface area contributed by atoms with E-state index in [1.165, 1.54) is 15.0 Å². The van der Waals surface area contributed by atoms with Gasteiger partial charge >= 0.3 is 0 Å². The van der Waals surface area contributed by atoms with Crippen molar-refractivity contribution in [3.63, 3.8) is 0 Å². The van der Waals surface area contributed by atoms with Crippen LogP contribution in [0.2, 0.25) is 0 Å². The van der Waals surface area contributed by atoms with Crippen molar-refractivity contribution < 1.29 is 4.79 Å². The highest BCUT2D eigenvalue weighted by Gasteiger charge is 2.11. The average Bonchev–Trinajstić information content (AvgIpc) is 2.79. The minimum absolute atomic E-state index is 0.1000. The maximum Gasteiger partial charge on any atom is 0.236 e. The van der Waals surface area contributed by atoms with Crippen molar-refractivity contribution in [2.75, 3.05) is 20.6 Å². The molecule has 0 spiro atoms.